The maximum Gasteiger partial charge on any atom is 0.189 e. The second-order valence-electron chi connectivity index (χ2n) is 3.48. The lowest BCUT2D eigenvalue weighted by Gasteiger charge is -2.00. The topological polar surface area (TPSA) is 53.1 Å². The number of carbonyl (C=O) groups is 1. The number of benzene rings is 1. The van der Waals surface area contributed by atoms with E-state index in [2.05, 4.69) is 4.98 Å². The fourth-order valence-corrected chi connectivity index (χ4v) is 1.58. The van der Waals surface area contributed by atoms with Gasteiger partial charge in [0.15, 0.2) is 5.78 Å². The van der Waals surface area contributed by atoms with Crippen molar-refractivity contribution in [1.82, 2.24) is 4.98 Å². The maximum atomic E-state index is 11.8. The highest BCUT2D eigenvalue weighted by Crippen LogP contribution is 2.22. The first kappa shape index (κ1) is 11.5. The minimum Gasteiger partial charge on any atom is -0.507 e. The number of hydrogen-bond acceptors (Lipinski definition) is 2. The summed E-state index contributed by atoms with van der Waals surface area (Å²) >= 11 is 5.77. The first-order chi connectivity index (χ1) is 8.16. The molecule has 86 valence electrons. The number of aromatic hydroxyl groups is 1. The van der Waals surface area contributed by atoms with Crippen molar-refractivity contribution in [2.75, 3.05) is 0 Å². The first-order valence-corrected chi connectivity index (χ1v) is 5.39. The minimum atomic E-state index is -0.292. The molecular weight excluding hydrogens is 238 g/mol. The molecule has 1 heterocycles. The Bertz CT molecular complexity index is 559. The summed E-state index contributed by atoms with van der Waals surface area (Å²) < 4.78 is 0. The van der Waals surface area contributed by atoms with Crippen LogP contribution < -0.4 is 0 Å². The molecule has 0 unspecified atom stereocenters. The van der Waals surface area contributed by atoms with E-state index in [0.29, 0.717) is 5.02 Å². The summed E-state index contributed by atoms with van der Waals surface area (Å²) in [4.78, 5) is 14.7. The summed E-state index contributed by atoms with van der Waals surface area (Å²) in [6.45, 7) is 0. The molecule has 0 bridgehead atoms. The van der Waals surface area contributed by atoms with Crippen molar-refractivity contribution in [2.45, 2.75) is 0 Å². The van der Waals surface area contributed by atoms with Crippen molar-refractivity contribution < 1.29 is 9.90 Å². The molecule has 3 nitrogen and oxygen atoms in total. The van der Waals surface area contributed by atoms with E-state index >= 15 is 0 Å². The Morgan fingerprint density at radius 1 is 1.35 bits per heavy atom. The molecule has 0 saturated carbocycles. The number of allylic oxidation sites excluding steroid dienone is 1. The molecule has 0 saturated heterocycles. The third-order valence-electron chi connectivity index (χ3n) is 2.26. The zero-order valence-corrected chi connectivity index (χ0v) is 9.61. The van der Waals surface area contributed by atoms with Gasteiger partial charge in [0.25, 0.3) is 0 Å². The van der Waals surface area contributed by atoms with E-state index in [1.807, 2.05) is 12.1 Å². The van der Waals surface area contributed by atoms with E-state index in [-0.39, 0.29) is 17.1 Å². The SMILES string of the molecule is O=C(/C=C/c1ccc[nH]1)c1cc(Cl)ccc1O. The number of rotatable bonds is 3. The predicted octanol–water partition coefficient (Wildman–Crippen LogP) is 3.27. The van der Waals surface area contributed by atoms with Crippen LogP contribution in [0.15, 0.2) is 42.6 Å². The van der Waals surface area contributed by atoms with Crippen LogP contribution in [-0.4, -0.2) is 15.9 Å². The Balaban J connectivity index is 2.23. The van der Waals surface area contributed by atoms with Crippen LogP contribution in [0.1, 0.15) is 16.1 Å². The van der Waals surface area contributed by atoms with Gasteiger partial charge in [0.2, 0.25) is 0 Å². The summed E-state index contributed by atoms with van der Waals surface area (Å²) in [5, 5.41) is 9.96. The standard InChI is InChI=1S/C13H10ClNO2/c14-9-3-5-12(16)11(8-9)13(17)6-4-10-2-1-7-15-10/h1-8,15-16H/b6-4+. The quantitative estimate of drug-likeness (QED) is 0.646. The largest absolute Gasteiger partial charge is 0.507 e. The molecule has 0 spiro atoms. The number of aromatic nitrogens is 1. The van der Waals surface area contributed by atoms with Gasteiger partial charge in [0, 0.05) is 16.9 Å². The highest BCUT2D eigenvalue weighted by atomic mass is 35.5. The second-order valence-corrected chi connectivity index (χ2v) is 3.92. The zero-order valence-electron chi connectivity index (χ0n) is 8.85. The van der Waals surface area contributed by atoms with Crippen LogP contribution in [0, 0.1) is 0 Å². The fraction of sp³-hybridized carbons (Fsp3) is 0. The van der Waals surface area contributed by atoms with Crippen molar-refractivity contribution in [2.24, 2.45) is 0 Å². The maximum absolute atomic E-state index is 11.8. The Labute approximate surface area is 103 Å². The number of carbonyl (C=O) groups excluding carboxylic acids is 1. The Morgan fingerprint density at radius 2 is 2.18 bits per heavy atom. The van der Waals surface area contributed by atoms with Crippen molar-refractivity contribution in [3.63, 3.8) is 0 Å². The Morgan fingerprint density at radius 3 is 2.88 bits per heavy atom. The molecule has 0 aliphatic heterocycles. The summed E-state index contributed by atoms with van der Waals surface area (Å²) in [7, 11) is 0. The van der Waals surface area contributed by atoms with Crippen LogP contribution in [0.2, 0.25) is 5.02 Å². The lowest BCUT2D eigenvalue weighted by molar-refractivity contribution is 0.104. The number of halogens is 1. The summed E-state index contributed by atoms with van der Waals surface area (Å²) in [6, 6.07) is 8.04. The number of phenolic OH excluding ortho intramolecular Hbond substituents is 1. The molecule has 17 heavy (non-hydrogen) atoms. The van der Waals surface area contributed by atoms with E-state index < -0.39 is 0 Å². The van der Waals surface area contributed by atoms with Gasteiger partial charge >= 0.3 is 0 Å². The number of ketones is 1. The number of phenols is 1. The lowest BCUT2D eigenvalue weighted by Crippen LogP contribution is -1.94. The summed E-state index contributed by atoms with van der Waals surface area (Å²) in [5.41, 5.74) is 1.01. The monoisotopic (exact) mass is 247 g/mol. The fourth-order valence-electron chi connectivity index (χ4n) is 1.41. The van der Waals surface area contributed by atoms with Gasteiger partial charge in [0.1, 0.15) is 5.75 Å². The molecule has 0 aliphatic rings. The number of hydrogen-bond donors (Lipinski definition) is 2. The van der Waals surface area contributed by atoms with Crippen LogP contribution in [0.5, 0.6) is 5.75 Å². The van der Waals surface area contributed by atoms with Crippen molar-refractivity contribution in [3.05, 3.63) is 58.9 Å². The van der Waals surface area contributed by atoms with Gasteiger partial charge in [-0.1, -0.05) is 11.6 Å². The molecule has 0 fully saturated rings. The highest BCUT2D eigenvalue weighted by Gasteiger charge is 2.08. The number of H-pyrrole nitrogens is 1. The molecule has 0 atom stereocenters. The van der Waals surface area contributed by atoms with E-state index in [4.69, 9.17) is 11.6 Å². The third kappa shape index (κ3) is 2.77. The number of aromatic amines is 1. The predicted molar refractivity (Wildman–Crippen MR) is 67.3 cm³/mol. The van der Waals surface area contributed by atoms with Gasteiger partial charge in [0.05, 0.1) is 5.56 Å². The summed E-state index contributed by atoms with van der Waals surface area (Å²) in [6.07, 6.45) is 4.79. The average molecular weight is 248 g/mol. The molecule has 2 aromatic rings. The minimum absolute atomic E-state index is 0.0736. The van der Waals surface area contributed by atoms with E-state index in [9.17, 15) is 9.90 Å². The van der Waals surface area contributed by atoms with Crippen LogP contribution in [0.3, 0.4) is 0 Å². The van der Waals surface area contributed by atoms with Crippen molar-refractivity contribution in [1.29, 1.82) is 0 Å². The van der Waals surface area contributed by atoms with E-state index in [0.717, 1.165) is 5.69 Å². The zero-order chi connectivity index (χ0) is 12.3. The molecule has 0 radical (unpaired) electrons. The normalized spacial score (nSPS) is 10.9. The van der Waals surface area contributed by atoms with Crippen molar-refractivity contribution >= 4 is 23.5 Å². The van der Waals surface area contributed by atoms with Crippen LogP contribution in [0.4, 0.5) is 0 Å². The molecule has 4 heteroatoms. The smallest absolute Gasteiger partial charge is 0.189 e. The van der Waals surface area contributed by atoms with Crippen molar-refractivity contribution in [3.8, 4) is 5.75 Å². The lowest BCUT2D eigenvalue weighted by atomic mass is 10.1. The molecular formula is C13H10ClNO2. The van der Waals surface area contributed by atoms with Gasteiger partial charge in [-0.15, -0.1) is 0 Å². The molecule has 1 aromatic carbocycles. The van der Waals surface area contributed by atoms with Gasteiger partial charge in [-0.25, -0.2) is 0 Å². The molecule has 0 aliphatic carbocycles. The third-order valence-corrected chi connectivity index (χ3v) is 2.50. The van der Waals surface area contributed by atoms with Gasteiger partial charge in [-0.2, -0.15) is 0 Å². The van der Waals surface area contributed by atoms with Gasteiger partial charge in [-0.3, -0.25) is 4.79 Å². The van der Waals surface area contributed by atoms with Gasteiger partial charge in [-0.05, 0) is 42.5 Å². The Hall–Kier alpha value is -2.00. The van der Waals surface area contributed by atoms with Crippen LogP contribution in [0.25, 0.3) is 6.08 Å². The highest BCUT2D eigenvalue weighted by molar-refractivity contribution is 6.31. The summed E-state index contributed by atoms with van der Waals surface area (Å²) in [5.74, 6) is -0.366. The van der Waals surface area contributed by atoms with Crippen LogP contribution >= 0.6 is 11.6 Å². The number of nitrogens with one attached hydrogen (secondary N) is 1. The first-order valence-electron chi connectivity index (χ1n) is 5.01. The van der Waals surface area contributed by atoms with Crippen LogP contribution in [-0.2, 0) is 0 Å². The Kier molecular flexibility index (Phi) is 3.30. The van der Waals surface area contributed by atoms with E-state index in [1.54, 1.807) is 12.3 Å². The molecule has 2 N–H and O–H groups in total. The molecule has 1 aromatic heterocycles. The van der Waals surface area contributed by atoms with E-state index in [1.165, 1.54) is 24.3 Å². The molecule has 2 rings (SSSR count). The molecule has 0 amide bonds. The second kappa shape index (κ2) is 4.89. The average Bonchev–Trinajstić information content (AvgIpc) is 2.82. The van der Waals surface area contributed by atoms with Gasteiger partial charge < -0.3 is 10.1 Å².